The quantitative estimate of drug-likeness (QED) is 0.105. The van der Waals surface area contributed by atoms with Crippen LogP contribution in [0, 0.1) is 0 Å². The van der Waals surface area contributed by atoms with Gasteiger partial charge in [0.15, 0.2) is 11.5 Å². The first-order valence-corrected chi connectivity index (χ1v) is 18.8. The molecule has 1 aromatic heterocycles. The summed E-state index contributed by atoms with van der Waals surface area (Å²) >= 11 is 0. The van der Waals surface area contributed by atoms with E-state index in [0.29, 0.717) is 36.7 Å². The third-order valence-electron chi connectivity index (χ3n) is 9.64. The molecule has 0 amide bonds. The molecule has 0 radical (unpaired) electrons. The second-order valence-corrected chi connectivity index (χ2v) is 15.9. The predicted molar refractivity (Wildman–Crippen MR) is 194 cm³/mol. The van der Waals surface area contributed by atoms with Gasteiger partial charge in [-0.05, 0) is 61.0 Å². The molecule has 0 spiro atoms. The summed E-state index contributed by atoms with van der Waals surface area (Å²) in [6, 6.07) is 33.1. The van der Waals surface area contributed by atoms with Crippen molar-refractivity contribution in [3.63, 3.8) is 0 Å². The maximum absolute atomic E-state index is 15.0. The largest absolute Gasteiger partial charge is 0.416 e. The number of fused-ring (bicyclic) bond motifs is 2. The fourth-order valence-corrected chi connectivity index (χ4v) is 11.7. The summed E-state index contributed by atoms with van der Waals surface area (Å²) in [7, 11) is -3.18. The Labute approximate surface area is 284 Å². The van der Waals surface area contributed by atoms with Gasteiger partial charge in [-0.25, -0.2) is 4.79 Å². The van der Waals surface area contributed by atoms with Crippen LogP contribution >= 0.6 is 7.41 Å². The number of rotatable bonds is 11. The van der Waals surface area contributed by atoms with Crippen LogP contribution in [0.25, 0.3) is 0 Å². The fourth-order valence-electron chi connectivity index (χ4n) is 7.38. The summed E-state index contributed by atoms with van der Waals surface area (Å²) in [4.78, 5) is 31.0. The number of alkyl halides is 3. The molecule has 3 heterocycles. The molecule has 0 fully saturated rings. The number of halogens is 3. The van der Waals surface area contributed by atoms with Crippen molar-refractivity contribution < 1.29 is 13.2 Å². The molecule has 7 rings (SSSR count). The van der Waals surface area contributed by atoms with Crippen molar-refractivity contribution in [2.24, 2.45) is 0 Å². The SMILES string of the molecule is CCCCCCCCn1c(=O)c2c3n(c1=O)CCN3c1ccc(C(F)(F)F)cc1N2[P+](c1ccccc1)(c1ccccc1)c1ccccc1. The number of benzene rings is 4. The minimum atomic E-state index is -4.61. The van der Waals surface area contributed by atoms with Crippen molar-refractivity contribution in [1.29, 1.82) is 0 Å². The molecule has 2 aliphatic heterocycles. The van der Waals surface area contributed by atoms with Crippen LogP contribution in [0.4, 0.5) is 36.1 Å². The van der Waals surface area contributed by atoms with Crippen molar-refractivity contribution >= 4 is 46.2 Å². The lowest BCUT2D eigenvalue weighted by atomic mass is 10.1. The average Bonchev–Trinajstić information content (AvgIpc) is 3.57. The molecule has 0 unspecified atom stereocenters. The minimum absolute atomic E-state index is 0.236. The third-order valence-corrected chi connectivity index (χ3v) is 13.8. The highest BCUT2D eigenvalue weighted by Gasteiger charge is 2.58. The molecular weight excluding hydrogens is 644 g/mol. The Kier molecular flexibility index (Phi) is 8.97. The van der Waals surface area contributed by atoms with E-state index in [9.17, 15) is 18.0 Å². The van der Waals surface area contributed by atoms with Gasteiger partial charge < -0.3 is 4.90 Å². The molecule has 6 nitrogen and oxygen atoms in total. The average molecular weight is 684 g/mol. The molecule has 252 valence electrons. The van der Waals surface area contributed by atoms with Crippen molar-refractivity contribution in [1.82, 2.24) is 9.13 Å². The van der Waals surface area contributed by atoms with Crippen LogP contribution in [-0.4, -0.2) is 15.7 Å². The van der Waals surface area contributed by atoms with Gasteiger partial charge in [0.2, 0.25) is 7.41 Å². The van der Waals surface area contributed by atoms with Crippen LogP contribution in [-0.2, 0) is 19.3 Å². The monoisotopic (exact) mass is 683 g/mol. The Morgan fingerprint density at radius 1 is 0.673 bits per heavy atom. The van der Waals surface area contributed by atoms with Gasteiger partial charge >= 0.3 is 11.9 Å². The Hall–Kier alpha value is -4.62. The number of anilines is 4. The second kappa shape index (κ2) is 13.4. The van der Waals surface area contributed by atoms with Crippen LogP contribution in [0.15, 0.2) is 119 Å². The van der Waals surface area contributed by atoms with Gasteiger partial charge in [0.1, 0.15) is 21.6 Å². The van der Waals surface area contributed by atoms with E-state index in [1.165, 1.54) is 16.7 Å². The molecule has 0 saturated heterocycles. The fraction of sp³-hybridized carbons (Fsp3) is 0.282. The normalized spacial score (nSPS) is 13.8. The first-order valence-electron chi connectivity index (χ1n) is 17.0. The van der Waals surface area contributed by atoms with E-state index in [1.807, 2.05) is 101 Å². The highest BCUT2D eigenvalue weighted by atomic mass is 31.2. The van der Waals surface area contributed by atoms with E-state index >= 15 is 4.79 Å². The van der Waals surface area contributed by atoms with E-state index in [-0.39, 0.29) is 17.9 Å². The van der Waals surface area contributed by atoms with Gasteiger partial charge in [-0.2, -0.15) is 17.8 Å². The minimum Gasteiger partial charge on any atom is -0.322 e. The number of aromatic nitrogens is 2. The van der Waals surface area contributed by atoms with Gasteiger partial charge in [-0.3, -0.25) is 13.9 Å². The van der Waals surface area contributed by atoms with Crippen LogP contribution in [0.3, 0.4) is 0 Å². The van der Waals surface area contributed by atoms with Crippen molar-refractivity contribution in [3.05, 3.63) is 136 Å². The van der Waals surface area contributed by atoms with Gasteiger partial charge in [0.25, 0.3) is 5.56 Å². The molecule has 4 aromatic carbocycles. The zero-order valence-corrected chi connectivity index (χ0v) is 28.3. The summed E-state index contributed by atoms with van der Waals surface area (Å²) in [5.41, 5.74) is -0.592. The van der Waals surface area contributed by atoms with Crippen LogP contribution in [0.1, 0.15) is 51.0 Å². The second-order valence-electron chi connectivity index (χ2n) is 12.6. The summed E-state index contributed by atoms with van der Waals surface area (Å²) < 4.78 is 48.5. The van der Waals surface area contributed by atoms with E-state index < -0.39 is 24.7 Å². The van der Waals surface area contributed by atoms with Crippen molar-refractivity contribution in [2.45, 2.75) is 64.7 Å². The van der Waals surface area contributed by atoms with Crippen LogP contribution in [0.2, 0.25) is 0 Å². The number of hydrogen-bond acceptors (Lipinski definition) is 4. The molecule has 10 heteroatoms. The van der Waals surface area contributed by atoms with Crippen molar-refractivity contribution in [2.75, 3.05) is 16.1 Å². The maximum Gasteiger partial charge on any atom is 0.416 e. The van der Waals surface area contributed by atoms with E-state index in [0.717, 1.165) is 54.1 Å². The Morgan fingerprint density at radius 2 is 1.22 bits per heavy atom. The molecule has 0 bridgehead atoms. The number of nitrogens with zero attached hydrogens (tertiary/aromatic N) is 4. The molecule has 0 N–H and O–H groups in total. The van der Waals surface area contributed by atoms with Crippen LogP contribution < -0.4 is 36.7 Å². The topological polar surface area (TPSA) is 50.5 Å². The smallest absolute Gasteiger partial charge is 0.322 e. The lowest BCUT2D eigenvalue weighted by Gasteiger charge is -2.43. The lowest BCUT2D eigenvalue weighted by molar-refractivity contribution is -0.137. The highest BCUT2D eigenvalue weighted by molar-refractivity contribution is 7.97. The van der Waals surface area contributed by atoms with Gasteiger partial charge in [0, 0.05) is 19.6 Å². The van der Waals surface area contributed by atoms with E-state index in [1.54, 1.807) is 4.57 Å². The first kappa shape index (κ1) is 32.9. The first-order chi connectivity index (χ1) is 23.8. The van der Waals surface area contributed by atoms with Crippen LogP contribution in [0.5, 0.6) is 0 Å². The van der Waals surface area contributed by atoms with Gasteiger partial charge in [0.05, 0.1) is 11.3 Å². The number of hydrogen-bond donors (Lipinski definition) is 0. The van der Waals surface area contributed by atoms with Gasteiger partial charge in [-0.1, -0.05) is 93.6 Å². The Balaban J connectivity index is 1.58. The molecule has 5 aromatic rings. The zero-order valence-electron chi connectivity index (χ0n) is 27.4. The number of unbranched alkanes of at least 4 members (excludes halogenated alkanes) is 5. The van der Waals surface area contributed by atoms with Gasteiger partial charge in [-0.15, -0.1) is 0 Å². The molecule has 0 aliphatic carbocycles. The van der Waals surface area contributed by atoms with E-state index in [4.69, 9.17) is 0 Å². The summed E-state index contributed by atoms with van der Waals surface area (Å²) in [6.07, 6.45) is 1.29. The molecule has 2 aliphatic rings. The molecule has 49 heavy (non-hydrogen) atoms. The molecular formula is C39H39F3N4O2P+. The predicted octanol–water partition coefficient (Wildman–Crippen LogP) is 7.90. The van der Waals surface area contributed by atoms with E-state index in [2.05, 4.69) is 6.92 Å². The maximum atomic E-state index is 15.0. The molecule has 0 atom stereocenters. The summed E-state index contributed by atoms with van der Waals surface area (Å²) in [5, 5.41) is 2.61. The third kappa shape index (κ3) is 5.58. The van der Waals surface area contributed by atoms with Crippen molar-refractivity contribution in [3.8, 4) is 0 Å². The highest BCUT2D eigenvalue weighted by Crippen LogP contribution is 2.68. The molecule has 0 saturated carbocycles. The zero-order chi connectivity index (χ0) is 34.2. The lowest BCUT2D eigenvalue weighted by Crippen LogP contribution is -2.48. The summed E-state index contributed by atoms with van der Waals surface area (Å²) in [5.74, 6) is 0.439. The standard InChI is InChI=1S/C39H39F3N4O2P/c1-2-3-4-5-6-16-25-45-37(47)35-36-43(26-27-44(36)38(45)48)33-24-23-29(39(40,41)42)28-34(33)46(35)49(30-17-10-7-11-18-30,31-19-12-8-13-20-31)32-21-14-9-15-22-32/h7-15,17-24,28H,2-6,16,25-27H2,1H3/q+1. The summed E-state index contributed by atoms with van der Waals surface area (Å²) in [6.45, 7) is 3.08. The Morgan fingerprint density at radius 3 is 1.78 bits per heavy atom. The Bertz CT molecular complexity index is 1970.